The number of aromatic nitrogens is 1. The topological polar surface area (TPSA) is 91.0 Å². The quantitative estimate of drug-likeness (QED) is 0.872. The van der Waals surface area contributed by atoms with Crippen molar-refractivity contribution in [2.45, 2.75) is 6.61 Å². The van der Waals surface area contributed by atoms with Crippen molar-refractivity contribution in [2.24, 2.45) is 0 Å². The summed E-state index contributed by atoms with van der Waals surface area (Å²) in [6.45, 7) is 0.278. The third kappa shape index (κ3) is 2.82. The molecule has 112 valence electrons. The number of hydrogen-bond donors (Lipinski definition) is 1. The van der Waals surface area contributed by atoms with E-state index in [2.05, 4.69) is 5.16 Å². The van der Waals surface area contributed by atoms with E-state index in [-0.39, 0.29) is 12.3 Å². The highest BCUT2D eigenvalue weighted by molar-refractivity contribution is 5.87. The first-order valence-electron chi connectivity index (χ1n) is 6.05. The molecule has 0 saturated heterocycles. The Hall–Kier alpha value is -2.54. The number of ether oxygens (including phenoxy) is 3. The van der Waals surface area contributed by atoms with Gasteiger partial charge in [-0.2, -0.15) is 0 Å². The van der Waals surface area contributed by atoms with E-state index in [1.54, 1.807) is 26.4 Å². The van der Waals surface area contributed by atoms with E-state index >= 15 is 0 Å². The first kappa shape index (κ1) is 14.9. The number of nitrogens with zero attached hydrogens (tertiary/aromatic N) is 1. The maximum absolute atomic E-state index is 10.9. The molecule has 1 N–H and O–H groups in total. The van der Waals surface area contributed by atoms with Gasteiger partial charge < -0.3 is 23.8 Å². The van der Waals surface area contributed by atoms with Gasteiger partial charge in [0.1, 0.15) is 11.5 Å². The summed E-state index contributed by atoms with van der Waals surface area (Å²) in [5.41, 5.74) is 1.11. The van der Waals surface area contributed by atoms with E-state index in [4.69, 9.17) is 23.8 Å². The number of carboxylic acid groups (broad SMARTS) is 1. The summed E-state index contributed by atoms with van der Waals surface area (Å²) in [4.78, 5) is 10.9. The van der Waals surface area contributed by atoms with Crippen LogP contribution in [0.3, 0.4) is 0 Å². The van der Waals surface area contributed by atoms with Crippen LogP contribution >= 0.6 is 0 Å². The third-order valence-electron chi connectivity index (χ3n) is 2.92. The van der Waals surface area contributed by atoms with Gasteiger partial charge in [-0.15, -0.1) is 0 Å². The molecule has 0 spiro atoms. The van der Waals surface area contributed by atoms with Crippen LogP contribution in [0.4, 0.5) is 0 Å². The minimum atomic E-state index is -1.16. The summed E-state index contributed by atoms with van der Waals surface area (Å²) in [6, 6.07) is 4.78. The number of hydrogen-bond acceptors (Lipinski definition) is 6. The summed E-state index contributed by atoms with van der Waals surface area (Å²) < 4.78 is 20.9. The second-order valence-electron chi connectivity index (χ2n) is 4.14. The van der Waals surface area contributed by atoms with Crippen LogP contribution in [0.25, 0.3) is 11.3 Å². The maximum atomic E-state index is 10.9. The molecule has 0 aliphatic carbocycles. The van der Waals surface area contributed by atoms with Gasteiger partial charge in [0.05, 0.1) is 32.0 Å². The fraction of sp³-hybridized carbons (Fsp3) is 0.286. The number of aromatic carboxylic acids is 1. The molecular formula is C14H15NO6. The normalized spacial score (nSPS) is 10.4. The minimum absolute atomic E-state index is 0.170. The molecule has 0 fully saturated rings. The third-order valence-corrected chi connectivity index (χ3v) is 2.92. The minimum Gasteiger partial charge on any atom is -0.496 e. The molecule has 1 heterocycles. The fourth-order valence-corrected chi connectivity index (χ4v) is 2.01. The highest BCUT2D eigenvalue weighted by atomic mass is 16.5. The molecule has 7 heteroatoms. The summed E-state index contributed by atoms with van der Waals surface area (Å²) >= 11 is 0. The van der Waals surface area contributed by atoms with Crippen LogP contribution in [0.2, 0.25) is 0 Å². The summed E-state index contributed by atoms with van der Waals surface area (Å²) in [7, 11) is 4.61. The lowest BCUT2D eigenvalue weighted by atomic mass is 10.1. The Morgan fingerprint density at radius 1 is 1.29 bits per heavy atom. The molecule has 7 nitrogen and oxygen atoms in total. The second-order valence-corrected chi connectivity index (χ2v) is 4.14. The molecule has 2 aromatic rings. The fourth-order valence-electron chi connectivity index (χ4n) is 2.01. The number of carboxylic acids is 1. The van der Waals surface area contributed by atoms with Crippen LogP contribution in [-0.4, -0.2) is 37.6 Å². The van der Waals surface area contributed by atoms with Crippen molar-refractivity contribution in [1.82, 2.24) is 5.16 Å². The average Bonchev–Trinajstić information content (AvgIpc) is 2.97. The Morgan fingerprint density at radius 3 is 2.57 bits per heavy atom. The lowest BCUT2D eigenvalue weighted by molar-refractivity contribution is 0.0686. The molecule has 1 aromatic carbocycles. The van der Waals surface area contributed by atoms with Crippen LogP contribution in [0.5, 0.6) is 11.5 Å². The molecule has 0 atom stereocenters. The first-order chi connectivity index (χ1) is 10.1. The van der Waals surface area contributed by atoms with E-state index in [0.29, 0.717) is 28.4 Å². The molecule has 2 rings (SSSR count). The van der Waals surface area contributed by atoms with Crippen LogP contribution < -0.4 is 9.47 Å². The van der Waals surface area contributed by atoms with Gasteiger partial charge in [0.25, 0.3) is 0 Å². The Kier molecular flexibility index (Phi) is 4.44. The van der Waals surface area contributed by atoms with Gasteiger partial charge in [0, 0.05) is 13.2 Å². The molecule has 0 aliphatic heterocycles. The highest BCUT2D eigenvalue weighted by Gasteiger charge is 2.20. The smallest absolute Gasteiger partial charge is 0.358 e. The molecule has 1 aromatic heterocycles. The maximum Gasteiger partial charge on any atom is 0.358 e. The van der Waals surface area contributed by atoms with Crippen LogP contribution in [0.1, 0.15) is 16.1 Å². The van der Waals surface area contributed by atoms with Crippen molar-refractivity contribution in [3.05, 3.63) is 29.5 Å². The predicted octanol–water partition coefficient (Wildman–Crippen LogP) is 2.20. The molecule has 0 amide bonds. The molecule has 0 unspecified atom stereocenters. The Balaban J connectivity index is 2.56. The highest BCUT2D eigenvalue weighted by Crippen LogP contribution is 2.39. The van der Waals surface area contributed by atoms with E-state index in [1.165, 1.54) is 13.2 Å². The van der Waals surface area contributed by atoms with Crippen molar-refractivity contribution < 1.29 is 28.6 Å². The second kappa shape index (κ2) is 6.27. The average molecular weight is 293 g/mol. The number of rotatable bonds is 6. The zero-order valence-corrected chi connectivity index (χ0v) is 11.9. The molecule has 0 radical (unpaired) electrons. The molecular weight excluding hydrogens is 278 g/mol. The van der Waals surface area contributed by atoms with E-state index in [9.17, 15) is 4.79 Å². The van der Waals surface area contributed by atoms with Crippen LogP contribution in [-0.2, 0) is 11.3 Å². The van der Waals surface area contributed by atoms with Gasteiger partial charge >= 0.3 is 5.97 Å². The van der Waals surface area contributed by atoms with Crippen molar-refractivity contribution >= 4 is 5.97 Å². The van der Waals surface area contributed by atoms with Crippen molar-refractivity contribution in [3.8, 4) is 22.8 Å². The van der Waals surface area contributed by atoms with Gasteiger partial charge in [-0.3, -0.25) is 0 Å². The van der Waals surface area contributed by atoms with E-state index in [1.807, 2.05) is 0 Å². The van der Waals surface area contributed by atoms with Gasteiger partial charge in [-0.1, -0.05) is 5.16 Å². The number of methoxy groups -OCH3 is 3. The first-order valence-corrected chi connectivity index (χ1v) is 6.05. The van der Waals surface area contributed by atoms with Crippen molar-refractivity contribution in [3.63, 3.8) is 0 Å². The lowest BCUT2D eigenvalue weighted by Gasteiger charge is -2.15. The van der Waals surface area contributed by atoms with Crippen molar-refractivity contribution in [2.75, 3.05) is 21.3 Å². The largest absolute Gasteiger partial charge is 0.496 e. The summed E-state index contributed by atoms with van der Waals surface area (Å²) in [6.07, 6.45) is 0. The summed E-state index contributed by atoms with van der Waals surface area (Å²) in [5, 5.41) is 12.4. The molecule has 21 heavy (non-hydrogen) atoms. The number of benzene rings is 1. The van der Waals surface area contributed by atoms with Crippen LogP contribution in [0.15, 0.2) is 22.7 Å². The SMILES string of the molecule is COCc1c(OC)ccc(-c2cc(C(=O)O)no2)c1OC. The molecule has 0 aliphatic rings. The van der Waals surface area contributed by atoms with Crippen molar-refractivity contribution in [1.29, 1.82) is 0 Å². The number of carbonyl (C=O) groups is 1. The standard InChI is InChI=1S/C14H15NO6/c1-18-7-9-11(19-2)5-4-8(13(9)20-3)12-6-10(14(16)17)15-21-12/h4-6H,7H2,1-3H3,(H,16,17). The molecule has 0 bridgehead atoms. The Labute approximate surface area is 121 Å². The zero-order chi connectivity index (χ0) is 15.4. The van der Waals surface area contributed by atoms with Gasteiger partial charge in [-0.25, -0.2) is 4.79 Å². The molecule has 0 saturated carbocycles. The van der Waals surface area contributed by atoms with E-state index in [0.717, 1.165) is 0 Å². The Bertz CT molecular complexity index is 649. The van der Waals surface area contributed by atoms with Gasteiger partial charge in [-0.05, 0) is 12.1 Å². The lowest BCUT2D eigenvalue weighted by Crippen LogP contribution is -2.00. The van der Waals surface area contributed by atoms with Crippen LogP contribution in [0, 0.1) is 0 Å². The summed E-state index contributed by atoms with van der Waals surface area (Å²) in [5.74, 6) is 0.235. The van der Waals surface area contributed by atoms with Gasteiger partial charge in [0.2, 0.25) is 0 Å². The monoisotopic (exact) mass is 293 g/mol. The predicted molar refractivity (Wildman–Crippen MR) is 72.7 cm³/mol. The zero-order valence-electron chi connectivity index (χ0n) is 11.9. The Morgan fingerprint density at radius 2 is 2.05 bits per heavy atom. The van der Waals surface area contributed by atoms with Gasteiger partial charge in [0.15, 0.2) is 11.5 Å². The van der Waals surface area contributed by atoms with E-state index < -0.39 is 5.97 Å².